The summed E-state index contributed by atoms with van der Waals surface area (Å²) in [4.78, 5) is 0. The molecule has 1 aromatic rings. The summed E-state index contributed by atoms with van der Waals surface area (Å²) < 4.78 is 5.19. The van der Waals surface area contributed by atoms with Crippen molar-refractivity contribution >= 4 is 0 Å². The second-order valence-corrected chi connectivity index (χ2v) is 5.92. The monoisotopic (exact) mass is 261 g/mol. The molecule has 106 valence electrons. The molecule has 2 heteroatoms. The van der Waals surface area contributed by atoms with E-state index in [0.29, 0.717) is 12.0 Å². The number of hydrogen-bond donors (Lipinski definition) is 1. The molecule has 3 unspecified atom stereocenters. The maximum atomic E-state index is 6.44. The third-order valence-corrected chi connectivity index (χ3v) is 4.64. The van der Waals surface area contributed by atoms with Crippen LogP contribution in [0.4, 0.5) is 0 Å². The average Bonchev–Trinajstić information content (AvgIpc) is 2.48. The number of nitrogens with two attached hydrogens (primary N) is 1. The molecule has 0 aromatic heterocycles. The maximum absolute atomic E-state index is 6.44. The first-order valence-electron chi connectivity index (χ1n) is 7.61. The van der Waals surface area contributed by atoms with Gasteiger partial charge in [0.05, 0.1) is 7.11 Å². The molecule has 0 heterocycles. The van der Waals surface area contributed by atoms with Gasteiger partial charge in [0.1, 0.15) is 5.75 Å². The summed E-state index contributed by atoms with van der Waals surface area (Å²) in [5.41, 5.74) is 7.76. The number of hydrogen-bond acceptors (Lipinski definition) is 2. The van der Waals surface area contributed by atoms with Crippen LogP contribution in [0.2, 0.25) is 0 Å². The molecule has 2 rings (SSSR count). The summed E-state index contributed by atoms with van der Waals surface area (Å²) in [6.45, 7) is 2.31. The van der Waals surface area contributed by atoms with E-state index in [1.807, 2.05) is 12.1 Å². The van der Waals surface area contributed by atoms with Crippen molar-refractivity contribution in [2.24, 2.45) is 17.6 Å². The highest BCUT2D eigenvalue weighted by Crippen LogP contribution is 2.33. The molecular weight excluding hydrogens is 234 g/mol. The van der Waals surface area contributed by atoms with Crippen molar-refractivity contribution in [3.8, 4) is 5.75 Å². The second-order valence-electron chi connectivity index (χ2n) is 5.92. The van der Waals surface area contributed by atoms with Crippen molar-refractivity contribution in [2.45, 2.75) is 51.5 Å². The van der Waals surface area contributed by atoms with Gasteiger partial charge in [-0.2, -0.15) is 0 Å². The minimum absolute atomic E-state index is 0.308. The van der Waals surface area contributed by atoms with Crippen LogP contribution in [0.15, 0.2) is 24.3 Å². The first-order valence-corrected chi connectivity index (χ1v) is 7.61. The van der Waals surface area contributed by atoms with Crippen molar-refractivity contribution in [2.75, 3.05) is 7.11 Å². The molecule has 1 aliphatic carbocycles. The molecule has 0 bridgehead atoms. The standard InChI is InChI=1S/C17H27NO/c1-3-13-5-4-6-15(11-13)17(18)12-14-7-9-16(19-2)10-8-14/h7-10,13,15,17H,3-6,11-12,18H2,1-2H3. The molecule has 3 atom stereocenters. The molecule has 0 saturated heterocycles. The second kappa shape index (κ2) is 6.95. The van der Waals surface area contributed by atoms with Crippen LogP contribution in [-0.2, 0) is 6.42 Å². The summed E-state index contributed by atoms with van der Waals surface area (Å²) in [5.74, 6) is 2.53. The van der Waals surface area contributed by atoms with E-state index in [-0.39, 0.29) is 0 Å². The fourth-order valence-corrected chi connectivity index (χ4v) is 3.29. The first kappa shape index (κ1) is 14.4. The van der Waals surface area contributed by atoms with Gasteiger partial charge in [-0.1, -0.05) is 38.3 Å². The zero-order chi connectivity index (χ0) is 13.7. The van der Waals surface area contributed by atoms with Crippen molar-refractivity contribution < 1.29 is 4.74 Å². The molecule has 19 heavy (non-hydrogen) atoms. The Kier molecular flexibility index (Phi) is 5.26. The van der Waals surface area contributed by atoms with Crippen LogP contribution in [-0.4, -0.2) is 13.2 Å². The average molecular weight is 261 g/mol. The molecule has 0 radical (unpaired) electrons. The highest BCUT2D eigenvalue weighted by molar-refractivity contribution is 5.27. The normalized spacial score (nSPS) is 25.0. The molecule has 1 fully saturated rings. The first-order chi connectivity index (χ1) is 9.22. The quantitative estimate of drug-likeness (QED) is 0.875. The molecule has 1 aromatic carbocycles. The van der Waals surface area contributed by atoms with Crippen molar-refractivity contribution in [1.29, 1.82) is 0 Å². The van der Waals surface area contributed by atoms with Crippen molar-refractivity contribution in [3.63, 3.8) is 0 Å². The van der Waals surface area contributed by atoms with E-state index in [0.717, 1.165) is 18.1 Å². The Labute approximate surface area is 117 Å². The van der Waals surface area contributed by atoms with Gasteiger partial charge in [0.2, 0.25) is 0 Å². The summed E-state index contributed by atoms with van der Waals surface area (Å²) in [6, 6.07) is 8.63. The highest BCUT2D eigenvalue weighted by atomic mass is 16.5. The summed E-state index contributed by atoms with van der Waals surface area (Å²) in [5, 5.41) is 0. The molecule has 2 nitrogen and oxygen atoms in total. The van der Waals surface area contributed by atoms with E-state index in [9.17, 15) is 0 Å². The number of ether oxygens (including phenoxy) is 1. The lowest BCUT2D eigenvalue weighted by molar-refractivity contribution is 0.228. The minimum Gasteiger partial charge on any atom is -0.497 e. The molecular formula is C17H27NO. The van der Waals surface area contributed by atoms with Crippen LogP contribution in [0.25, 0.3) is 0 Å². The predicted octanol–water partition coefficient (Wildman–Crippen LogP) is 3.78. The van der Waals surface area contributed by atoms with Gasteiger partial charge in [0.25, 0.3) is 0 Å². The summed E-state index contributed by atoms with van der Waals surface area (Å²) >= 11 is 0. The van der Waals surface area contributed by atoms with Crippen molar-refractivity contribution in [1.82, 2.24) is 0 Å². The SMILES string of the molecule is CCC1CCCC(C(N)Cc2ccc(OC)cc2)C1. The van der Waals surface area contributed by atoms with E-state index in [1.54, 1.807) is 7.11 Å². The Balaban J connectivity index is 1.90. The number of rotatable bonds is 5. The molecule has 2 N–H and O–H groups in total. The lowest BCUT2D eigenvalue weighted by Gasteiger charge is -2.32. The van der Waals surface area contributed by atoms with Crippen LogP contribution in [0.1, 0.15) is 44.6 Å². The third-order valence-electron chi connectivity index (χ3n) is 4.64. The molecule has 0 amide bonds. The zero-order valence-corrected chi connectivity index (χ0v) is 12.3. The lowest BCUT2D eigenvalue weighted by Crippen LogP contribution is -2.35. The van der Waals surface area contributed by atoms with Crippen molar-refractivity contribution in [3.05, 3.63) is 29.8 Å². The van der Waals surface area contributed by atoms with E-state index >= 15 is 0 Å². The van der Waals surface area contributed by atoms with Gasteiger partial charge >= 0.3 is 0 Å². The van der Waals surface area contributed by atoms with Gasteiger partial charge in [-0.05, 0) is 48.8 Å². The Morgan fingerprint density at radius 1 is 1.26 bits per heavy atom. The summed E-state index contributed by atoms with van der Waals surface area (Å²) in [6.07, 6.45) is 7.71. The Hall–Kier alpha value is -1.02. The molecule has 1 saturated carbocycles. The fraction of sp³-hybridized carbons (Fsp3) is 0.647. The number of benzene rings is 1. The smallest absolute Gasteiger partial charge is 0.118 e. The highest BCUT2D eigenvalue weighted by Gasteiger charge is 2.25. The Bertz CT molecular complexity index is 373. The van der Waals surface area contributed by atoms with E-state index in [1.165, 1.54) is 37.7 Å². The topological polar surface area (TPSA) is 35.2 Å². The van der Waals surface area contributed by atoms with E-state index in [2.05, 4.69) is 19.1 Å². The molecule has 0 aliphatic heterocycles. The largest absolute Gasteiger partial charge is 0.497 e. The summed E-state index contributed by atoms with van der Waals surface area (Å²) in [7, 11) is 1.70. The van der Waals surface area contributed by atoms with Crippen LogP contribution >= 0.6 is 0 Å². The van der Waals surface area contributed by atoms with Crippen LogP contribution in [0.5, 0.6) is 5.75 Å². The van der Waals surface area contributed by atoms with E-state index in [4.69, 9.17) is 10.5 Å². The fourth-order valence-electron chi connectivity index (χ4n) is 3.29. The van der Waals surface area contributed by atoms with Crippen LogP contribution in [0.3, 0.4) is 0 Å². The maximum Gasteiger partial charge on any atom is 0.118 e. The van der Waals surface area contributed by atoms with Gasteiger partial charge in [-0.3, -0.25) is 0 Å². The van der Waals surface area contributed by atoms with E-state index < -0.39 is 0 Å². The van der Waals surface area contributed by atoms with Gasteiger partial charge in [-0.25, -0.2) is 0 Å². The molecule has 0 spiro atoms. The lowest BCUT2D eigenvalue weighted by atomic mass is 9.76. The van der Waals surface area contributed by atoms with Gasteiger partial charge in [-0.15, -0.1) is 0 Å². The van der Waals surface area contributed by atoms with Crippen LogP contribution in [0, 0.1) is 11.8 Å². The molecule has 1 aliphatic rings. The van der Waals surface area contributed by atoms with Gasteiger partial charge in [0.15, 0.2) is 0 Å². The zero-order valence-electron chi connectivity index (χ0n) is 12.3. The predicted molar refractivity (Wildman–Crippen MR) is 80.4 cm³/mol. The Morgan fingerprint density at radius 2 is 2.00 bits per heavy atom. The third kappa shape index (κ3) is 3.97. The van der Waals surface area contributed by atoms with Crippen LogP contribution < -0.4 is 10.5 Å². The van der Waals surface area contributed by atoms with Gasteiger partial charge in [0, 0.05) is 6.04 Å². The Morgan fingerprint density at radius 3 is 2.63 bits per heavy atom. The number of methoxy groups -OCH3 is 1. The minimum atomic E-state index is 0.308. The van der Waals surface area contributed by atoms with Gasteiger partial charge < -0.3 is 10.5 Å².